The molecule has 12 heteroatoms. The molecule has 0 bridgehead atoms. The fourth-order valence-corrected chi connectivity index (χ4v) is 3.67. The van der Waals surface area contributed by atoms with Crippen LogP contribution >= 0.6 is 0 Å². The number of unbranched alkanes of at least 4 members (excludes halogenated alkanes) is 1. The molecule has 0 amide bonds. The minimum atomic E-state index is -4.55. The molecule has 150 valence electrons. The van der Waals surface area contributed by atoms with Crippen LogP contribution in [0.3, 0.4) is 0 Å². The molecule has 0 unspecified atom stereocenters. The van der Waals surface area contributed by atoms with Gasteiger partial charge in [-0.25, -0.2) is 16.8 Å². The van der Waals surface area contributed by atoms with Gasteiger partial charge >= 0.3 is 59.1 Å². The largest absolute Gasteiger partial charge is 1.00 e. The Labute approximate surface area is 221 Å². The number of benzene rings is 2. The van der Waals surface area contributed by atoms with E-state index < -0.39 is 20.2 Å². The Morgan fingerprint density at radius 3 is 1.33 bits per heavy atom. The number of hydrogen-bond acceptors (Lipinski definition) is 8. The van der Waals surface area contributed by atoms with Gasteiger partial charge in [0.25, 0.3) is 0 Å². The number of rotatable bonds is 9. The van der Waals surface area contributed by atoms with Crippen molar-refractivity contribution in [3.8, 4) is 0 Å². The van der Waals surface area contributed by atoms with Gasteiger partial charge in [0.2, 0.25) is 0 Å². The number of aliphatic imine (C=N–C) groups is 2. The summed E-state index contributed by atoms with van der Waals surface area (Å²) in [6, 6.07) is 11.6. The average Bonchev–Trinajstić information content (AvgIpc) is 2.63. The van der Waals surface area contributed by atoms with Gasteiger partial charge in [-0.1, -0.05) is 36.4 Å². The maximum atomic E-state index is 11.2. The van der Waals surface area contributed by atoms with Crippen molar-refractivity contribution in [1.82, 2.24) is 0 Å². The van der Waals surface area contributed by atoms with E-state index in [1.54, 1.807) is 12.1 Å². The number of hydrogen-bond donors (Lipinski definition) is 0. The van der Waals surface area contributed by atoms with E-state index in [1.165, 1.54) is 48.8 Å². The van der Waals surface area contributed by atoms with Gasteiger partial charge in [0.15, 0.2) is 0 Å². The van der Waals surface area contributed by atoms with Crippen molar-refractivity contribution in [3.63, 3.8) is 0 Å². The Hall–Kier alpha value is -0.400. The maximum Gasteiger partial charge on any atom is 1.00 e. The Morgan fingerprint density at radius 1 is 0.667 bits per heavy atom. The Kier molecular flexibility index (Phi) is 13.7. The van der Waals surface area contributed by atoms with Gasteiger partial charge in [-0.05, 0) is 25.0 Å². The van der Waals surface area contributed by atoms with E-state index in [2.05, 4.69) is 9.98 Å². The van der Waals surface area contributed by atoms with E-state index in [0.29, 0.717) is 25.9 Å². The molecule has 0 N–H and O–H groups in total. The minimum absolute atomic E-state index is 0. The zero-order chi connectivity index (χ0) is 20.6. The van der Waals surface area contributed by atoms with Crippen LogP contribution < -0.4 is 59.1 Å². The van der Waals surface area contributed by atoms with E-state index in [-0.39, 0.29) is 80.0 Å². The molecule has 0 saturated heterocycles. The zero-order valence-electron chi connectivity index (χ0n) is 16.8. The molecule has 2 aromatic carbocycles. The summed E-state index contributed by atoms with van der Waals surface area (Å²) >= 11 is 0. The van der Waals surface area contributed by atoms with Crippen molar-refractivity contribution in [2.75, 3.05) is 13.1 Å². The first kappa shape index (κ1) is 29.6. The van der Waals surface area contributed by atoms with E-state index in [4.69, 9.17) is 0 Å². The van der Waals surface area contributed by atoms with Crippen molar-refractivity contribution >= 4 is 32.7 Å². The van der Waals surface area contributed by atoms with Crippen LogP contribution in [-0.4, -0.2) is 51.5 Å². The molecule has 2 aromatic rings. The maximum absolute atomic E-state index is 11.2. The van der Waals surface area contributed by atoms with Crippen LogP contribution in [0.5, 0.6) is 0 Å². The first-order valence-electron chi connectivity index (χ1n) is 8.29. The first-order chi connectivity index (χ1) is 13.2. The van der Waals surface area contributed by atoms with E-state index >= 15 is 0 Å². The monoisotopic (exact) mass is 468 g/mol. The molecule has 0 aliphatic carbocycles. The summed E-state index contributed by atoms with van der Waals surface area (Å²) < 4.78 is 67.0. The molecular weight excluding hydrogens is 450 g/mol. The van der Waals surface area contributed by atoms with E-state index in [1.807, 2.05) is 0 Å². The fraction of sp³-hybridized carbons (Fsp3) is 0.222. The summed E-state index contributed by atoms with van der Waals surface area (Å²) in [5, 5.41) is 0. The number of nitrogens with zero attached hydrogens (tertiary/aromatic N) is 2. The van der Waals surface area contributed by atoms with Gasteiger partial charge in [-0.3, -0.25) is 9.98 Å². The van der Waals surface area contributed by atoms with Gasteiger partial charge in [0.05, 0.1) is 9.79 Å². The quantitative estimate of drug-likeness (QED) is 0.158. The predicted molar refractivity (Wildman–Crippen MR) is 103 cm³/mol. The molecule has 0 heterocycles. The van der Waals surface area contributed by atoms with Gasteiger partial charge in [0, 0.05) is 36.6 Å². The summed E-state index contributed by atoms with van der Waals surface area (Å²) in [6.45, 7) is 0.822. The van der Waals surface area contributed by atoms with Gasteiger partial charge in [0.1, 0.15) is 20.2 Å². The van der Waals surface area contributed by atoms with Crippen molar-refractivity contribution in [3.05, 3.63) is 59.7 Å². The topological polar surface area (TPSA) is 139 Å². The van der Waals surface area contributed by atoms with Crippen LogP contribution in [0.1, 0.15) is 24.0 Å². The van der Waals surface area contributed by atoms with Crippen molar-refractivity contribution in [2.45, 2.75) is 22.6 Å². The van der Waals surface area contributed by atoms with Crippen LogP contribution in [-0.2, 0) is 20.2 Å². The molecule has 30 heavy (non-hydrogen) atoms. The van der Waals surface area contributed by atoms with Crippen LogP contribution in [0.15, 0.2) is 68.3 Å². The Bertz CT molecular complexity index is 1000. The summed E-state index contributed by atoms with van der Waals surface area (Å²) in [5.41, 5.74) is 0.483. The molecule has 0 saturated carbocycles. The standard InChI is InChI=1S/C18H20N2O6S2.2Na/c21-27(22,23)17-9-3-1-7-15(17)13-19-11-5-6-12-20-14-16-8-2-4-10-18(16)28(24,25)26;;/h1-4,7-10,13-14H,5-6,11-12H2,(H,21,22,23)(H,24,25,26);;/q;2*+1/p-2. The summed E-state index contributed by atoms with van der Waals surface area (Å²) in [4.78, 5) is 7.61. The first-order valence-corrected chi connectivity index (χ1v) is 11.1. The molecule has 0 aromatic heterocycles. The Balaban J connectivity index is 0.00000420. The second-order valence-electron chi connectivity index (χ2n) is 5.76. The van der Waals surface area contributed by atoms with Crippen LogP contribution in [0, 0.1) is 0 Å². The second kappa shape index (κ2) is 13.9. The van der Waals surface area contributed by atoms with Gasteiger partial charge in [-0.2, -0.15) is 0 Å². The zero-order valence-corrected chi connectivity index (χ0v) is 22.4. The summed E-state index contributed by atoms with van der Waals surface area (Å²) in [7, 11) is -9.11. The fourth-order valence-electron chi connectivity index (χ4n) is 2.36. The molecule has 0 aliphatic heterocycles. The van der Waals surface area contributed by atoms with Gasteiger partial charge < -0.3 is 9.11 Å². The summed E-state index contributed by atoms with van der Waals surface area (Å²) in [5.74, 6) is 0. The SMILES string of the molecule is O=S(=O)([O-])c1ccccc1C=NCCCCN=Cc1ccccc1S(=O)(=O)[O-].[Na+].[Na+]. The third-order valence-electron chi connectivity index (χ3n) is 3.66. The average molecular weight is 468 g/mol. The van der Waals surface area contributed by atoms with Crippen molar-refractivity contribution < 1.29 is 85.1 Å². The smallest absolute Gasteiger partial charge is 0.744 e. The van der Waals surface area contributed by atoms with Crippen molar-refractivity contribution in [1.29, 1.82) is 0 Å². The van der Waals surface area contributed by atoms with Crippen LogP contribution in [0.4, 0.5) is 0 Å². The van der Waals surface area contributed by atoms with Crippen molar-refractivity contribution in [2.24, 2.45) is 9.98 Å². The second-order valence-corrected chi connectivity index (χ2v) is 8.46. The molecule has 0 radical (unpaired) electrons. The normalized spacial score (nSPS) is 11.9. The van der Waals surface area contributed by atoms with E-state index in [9.17, 15) is 25.9 Å². The van der Waals surface area contributed by atoms with E-state index in [0.717, 1.165) is 0 Å². The molecular formula is C18H18N2Na2O6S2. The van der Waals surface area contributed by atoms with Gasteiger partial charge in [-0.15, -0.1) is 0 Å². The summed E-state index contributed by atoms with van der Waals surface area (Å²) in [6.07, 6.45) is 4.01. The van der Waals surface area contributed by atoms with Crippen LogP contribution in [0.2, 0.25) is 0 Å². The Morgan fingerprint density at radius 2 is 1.00 bits per heavy atom. The molecule has 0 atom stereocenters. The molecule has 8 nitrogen and oxygen atoms in total. The predicted octanol–water partition coefficient (Wildman–Crippen LogP) is -4.18. The third-order valence-corrected chi connectivity index (χ3v) is 5.48. The third kappa shape index (κ3) is 9.82. The van der Waals surface area contributed by atoms with Crippen LogP contribution in [0.25, 0.3) is 0 Å². The molecule has 2 rings (SSSR count). The molecule has 0 spiro atoms. The molecule has 0 aliphatic rings. The molecule has 0 fully saturated rings. The minimum Gasteiger partial charge on any atom is -0.744 e.